The van der Waals surface area contributed by atoms with Crippen LogP contribution in [0.2, 0.25) is 0 Å². The van der Waals surface area contributed by atoms with Crippen molar-refractivity contribution in [1.29, 1.82) is 0 Å². The van der Waals surface area contributed by atoms with E-state index < -0.39 is 11.0 Å². The zero-order valence-electron chi connectivity index (χ0n) is 16.2. The molecule has 0 aromatic heterocycles. The van der Waals surface area contributed by atoms with Crippen molar-refractivity contribution >= 4 is 11.9 Å². The highest BCUT2D eigenvalue weighted by molar-refractivity contribution is 5.83. The SMILES string of the molecule is Cc1ccc(CN(C)C(=O)COC(=O)C23CC4CC(CC(O)(C4)C2)C3)cc1. The molecule has 4 aliphatic rings. The van der Waals surface area contributed by atoms with Gasteiger partial charge in [-0.05, 0) is 62.8 Å². The normalized spacial score (nSPS) is 33.7. The van der Waals surface area contributed by atoms with Gasteiger partial charge in [-0.3, -0.25) is 9.59 Å². The average Bonchev–Trinajstić information content (AvgIpc) is 2.59. The van der Waals surface area contributed by atoms with Gasteiger partial charge in [0, 0.05) is 13.6 Å². The molecule has 27 heavy (non-hydrogen) atoms. The molecule has 2 unspecified atom stereocenters. The van der Waals surface area contributed by atoms with Crippen LogP contribution in [-0.4, -0.2) is 41.1 Å². The van der Waals surface area contributed by atoms with E-state index in [1.54, 1.807) is 11.9 Å². The van der Waals surface area contributed by atoms with Gasteiger partial charge in [-0.1, -0.05) is 29.8 Å². The number of hydrogen-bond acceptors (Lipinski definition) is 4. The lowest BCUT2D eigenvalue weighted by molar-refractivity contribution is -0.196. The number of benzene rings is 1. The van der Waals surface area contributed by atoms with Crippen molar-refractivity contribution in [3.8, 4) is 0 Å². The van der Waals surface area contributed by atoms with Gasteiger partial charge in [-0.2, -0.15) is 0 Å². The fraction of sp³-hybridized carbons (Fsp3) is 0.636. The fourth-order valence-electron chi connectivity index (χ4n) is 5.90. The number of amides is 1. The molecule has 1 aromatic rings. The lowest BCUT2D eigenvalue weighted by Crippen LogP contribution is -2.58. The van der Waals surface area contributed by atoms with Crippen LogP contribution in [0.3, 0.4) is 0 Å². The van der Waals surface area contributed by atoms with E-state index in [9.17, 15) is 14.7 Å². The topological polar surface area (TPSA) is 66.8 Å². The maximum Gasteiger partial charge on any atom is 0.312 e. The molecular formula is C22H29NO4. The Hall–Kier alpha value is -1.88. The third-order valence-corrected chi connectivity index (χ3v) is 6.76. The first kappa shape index (κ1) is 18.5. The Balaban J connectivity index is 1.33. The number of carbonyl (C=O) groups excluding carboxylic acids is 2. The minimum Gasteiger partial charge on any atom is -0.455 e. The van der Waals surface area contributed by atoms with Gasteiger partial charge in [0.15, 0.2) is 6.61 Å². The van der Waals surface area contributed by atoms with E-state index >= 15 is 0 Å². The molecule has 4 aliphatic carbocycles. The number of aryl methyl sites for hydroxylation is 1. The third kappa shape index (κ3) is 3.62. The van der Waals surface area contributed by atoms with E-state index in [4.69, 9.17) is 4.74 Å². The number of esters is 1. The molecule has 4 bridgehead atoms. The van der Waals surface area contributed by atoms with E-state index in [1.165, 1.54) is 5.56 Å². The number of nitrogens with zero attached hydrogens (tertiary/aromatic N) is 1. The van der Waals surface area contributed by atoms with Crippen LogP contribution in [0.5, 0.6) is 0 Å². The Labute approximate surface area is 160 Å². The molecule has 5 heteroatoms. The van der Waals surface area contributed by atoms with E-state index in [0.717, 1.165) is 37.7 Å². The molecule has 0 aliphatic heterocycles. The van der Waals surface area contributed by atoms with Crippen molar-refractivity contribution in [3.63, 3.8) is 0 Å². The molecule has 5 rings (SSSR count). The molecule has 5 nitrogen and oxygen atoms in total. The van der Waals surface area contributed by atoms with Crippen LogP contribution < -0.4 is 0 Å². The molecule has 2 atom stereocenters. The van der Waals surface area contributed by atoms with Crippen molar-refractivity contribution in [3.05, 3.63) is 35.4 Å². The third-order valence-electron chi connectivity index (χ3n) is 6.76. The van der Waals surface area contributed by atoms with Crippen LogP contribution in [0.25, 0.3) is 0 Å². The van der Waals surface area contributed by atoms with Crippen molar-refractivity contribution in [2.75, 3.05) is 13.7 Å². The predicted octanol–water partition coefficient (Wildman–Crippen LogP) is 2.83. The molecule has 146 valence electrons. The van der Waals surface area contributed by atoms with Crippen molar-refractivity contribution in [2.45, 2.75) is 57.6 Å². The Morgan fingerprint density at radius 2 is 1.78 bits per heavy atom. The number of carbonyl (C=O) groups is 2. The van der Waals surface area contributed by atoms with Gasteiger partial charge < -0.3 is 14.7 Å². The Morgan fingerprint density at radius 3 is 2.37 bits per heavy atom. The Bertz CT molecular complexity index is 727. The Morgan fingerprint density at radius 1 is 1.15 bits per heavy atom. The number of ether oxygens (including phenoxy) is 1. The molecule has 0 heterocycles. The van der Waals surface area contributed by atoms with Gasteiger partial charge in [-0.15, -0.1) is 0 Å². The summed E-state index contributed by atoms with van der Waals surface area (Å²) in [6.45, 7) is 2.29. The second-order valence-corrected chi connectivity index (χ2v) is 9.28. The first-order chi connectivity index (χ1) is 12.8. The Kier molecular flexibility index (Phi) is 4.53. The number of hydrogen-bond donors (Lipinski definition) is 1. The summed E-state index contributed by atoms with van der Waals surface area (Å²) < 4.78 is 5.47. The summed E-state index contributed by atoms with van der Waals surface area (Å²) in [7, 11) is 1.73. The van der Waals surface area contributed by atoms with Crippen LogP contribution in [0.4, 0.5) is 0 Å². The van der Waals surface area contributed by atoms with Gasteiger partial charge >= 0.3 is 5.97 Å². The summed E-state index contributed by atoms with van der Waals surface area (Å²) in [4.78, 5) is 26.9. The van der Waals surface area contributed by atoms with Crippen molar-refractivity contribution in [1.82, 2.24) is 4.90 Å². The molecule has 0 spiro atoms. The molecule has 4 fully saturated rings. The molecule has 1 N–H and O–H groups in total. The van der Waals surface area contributed by atoms with Crippen molar-refractivity contribution in [2.24, 2.45) is 17.3 Å². The number of likely N-dealkylation sites (N-methyl/N-ethyl adjacent to an activating group) is 1. The molecule has 4 saturated carbocycles. The summed E-state index contributed by atoms with van der Waals surface area (Å²) in [5.74, 6) is 0.354. The largest absolute Gasteiger partial charge is 0.455 e. The van der Waals surface area contributed by atoms with Gasteiger partial charge in [0.25, 0.3) is 5.91 Å². The van der Waals surface area contributed by atoms with Crippen LogP contribution in [0, 0.1) is 24.2 Å². The monoisotopic (exact) mass is 371 g/mol. The van der Waals surface area contributed by atoms with E-state index in [2.05, 4.69) is 0 Å². The zero-order chi connectivity index (χ0) is 19.2. The van der Waals surface area contributed by atoms with Crippen LogP contribution in [0.15, 0.2) is 24.3 Å². The molecular weight excluding hydrogens is 342 g/mol. The highest BCUT2D eigenvalue weighted by atomic mass is 16.5. The van der Waals surface area contributed by atoms with Gasteiger partial charge in [0.05, 0.1) is 11.0 Å². The first-order valence-electron chi connectivity index (χ1n) is 9.96. The highest BCUT2D eigenvalue weighted by Gasteiger charge is 2.60. The second-order valence-electron chi connectivity index (χ2n) is 9.28. The summed E-state index contributed by atoms with van der Waals surface area (Å²) in [5, 5.41) is 10.8. The minimum atomic E-state index is -0.699. The van der Waals surface area contributed by atoms with Gasteiger partial charge in [0.1, 0.15) is 0 Å². The standard InChI is InChI=1S/C22H29NO4/c1-15-3-5-16(6-4-15)12-23(2)19(24)13-27-20(25)21-8-17-7-18(9-21)11-22(26,10-17)14-21/h3-6,17-18,26H,7-14H2,1-2H3. The summed E-state index contributed by atoms with van der Waals surface area (Å²) in [6, 6.07) is 8.04. The molecule has 1 amide bonds. The molecule has 0 saturated heterocycles. The van der Waals surface area contributed by atoms with Gasteiger partial charge in [-0.25, -0.2) is 0 Å². The maximum atomic E-state index is 12.9. The molecule has 1 aromatic carbocycles. The minimum absolute atomic E-state index is 0.202. The number of aliphatic hydroxyl groups is 1. The highest BCUT2D eigenvalue weighted by Crippen LogP contribution is 2.61. The first-order valence-corrected chi connectivity index (χ1v) is 9.96. The smallest absolute Gasteiger partial charge is 0.312 e. The average molecular weight is 371 g/mol. The zero-order valence-corrected chi connectivity index (χ0v) is 16.2. The predicted molar refractivity (Wildman–Crippen MR) is 101 cm³/mol. The van der Waals surface area contributed by atoms with Crippen molar-refractivity contribution < 1.29 is 19.4 Å². The van der Waals surface area contributed by atoms with E-state index in [1.807, 2.05) is 31.2 Å². The fourth-order valence-corrected chi connectivity index (χ4v) is 5.90. The summed E-state index contributed by atoms with van der Waals surface area (Å²) >= 11 is 0. The summed E-state index contributed by atoms with van der Waals surface area (Å²) in [5.41, 5.74) is 0.953. The lowest BCUT2D eigenvalue weighted by Gasteiger charge is -2.58. The second kappa shape index (κ2) is 6.62. The lowest BCUT2D eigenvalue weighted by atomic mass is 9.48. The summed E-state index contributed by atoms with van der Waals surface area (Å²) in [6.07, 6.45) is 4.86. The van der Waals surface area contributed by atoms with Crippen LogP contribution >= 0.6 is 0 Å². The van der Waals surface area contributed by atoms with Gasteiger partial charge in [0.2, 0.25) is 0 Å². The van der Waals surface area contributed by atoms with Crippen LogP contribution in [-0.2, 0) is 20.9 Å². The maximum absolute atomic E-state index is 12.9. The molecule has 0 radical (unpaired) electrons. The van der Waals surface area contributed by atoms with E-state index in [0.29, 0.717) is 24.8 Å². The van der Waals surface area contributed by atoms with Crippen LogP contribution in [0.1, 0.15) is 49.7 Å². The number of rotatable bonds is 5. The van der Waals surface area contributed by atoms with E-state index in [-0.39, 0.29) is 18.5 Å². The quantitative estimate of drug-likeness (QED) is 0.809.